The number of piperazine rings is 1. The maximum Gasteiger partial charge on any atom is 0.0107 e. The summed E-state index contributed by atoms with van der Waals surface area (Å²) in [5.41, 5.74) is 0. The third-order valence-electron chi connectivity index (χ3n) is 3.19. The quantitative estimate of drug-likeness (QED) is 0.765. The Kier molecular flexibility index (Phi) is 5.32. The number of rotatable bonds is 6. The first kappa shape index (κ1) is 12.1. The van der Waals surface area contributed by atoms with Crippen molar-refractivity contribution in [2.24, 2.45) is 0 Å². The highest BCUT2D eigenvalue weighted by Gasteiger charge is 2.07. The largest absolute Gasteiger partial charge is 0.314 e. The molecule has 0 atom stereocenters. The fourth-order valence-electron chi connectivity index (χ4n) is 2.20. The lowest BCUT2D eigenvalue weighted by Gasteiger charge is -2.26. The van der Waals surface area contributed by atoms with Crippen molar-refractivity contribution in [2.45, 2.75) is 25.7 Å². The molecular weight excluding hydrogens is 216 g/mol. The van der Waals surface area contributed by atoms with Crippen molar-refractivity contribution >= 4 is 11.3 Å². The van der Waals surface area contributed by atoms with Crippen LogP contribution in [0.5, 0.6) is 0 Å². The number of aryl methyl sites for hydroxylation is 1. The van der Waals surface area contributed by atoms with Crippen LogP contribution < -0.4 is 5.32 Å². The average Bonchev–Trinajstić information content (AvgIpc) is 2.83. The summed E-state index contributed by atoms with van der Waals surface area (Å²) in [6, 6.07) is 4.40. The summed E-state index contributed by atoms with van der Waals surface area (Å²) in [5, 5.41) is 5.57. The molecule has 0 amide bonds. The number of hydrogen-bond donors (Lipinski definition) is 1. The molecule has 16 heavy (non-hydrogen) atoms. The minimum absolute atomic E-state index is 1.18. The van der Waals surface area contributed by atoms with Crippen LogP contribution in [0.4, 0.5) is 0 Å². The Balaban J connectivity index is 1.48. The van der Waals surface area contributed by atoms with E-state index >= 15 is 0 Å². The lowest BCUT2D eigenvalue weighted by atomic mass is 10.1. The highest BCUT2D eigenvalue weighted by atomic mass is 32.1. The van der Waals surface area contributed by atoms with Crippen molar-refractivity contribution in [1.29, 1.82) is 0 Å². The number of thiophene rings is 1. The summed E-state index contributed by atoms with van der Waals surface area (Å²) in [6.45, 7) is 6.13. The van der Waals surface area contributed by atoms with Crippen molar-refractivity contribution in [1.82, 2.24) is 10.2 Å². The van der Waals surface area contributed by atoms with Crippen LogP contribution in [0.15, 0.2) is 17.5 Å². The maximum atomic E-state index is 3.39. The number of unbranched alkanes of at least 4 members (excludes halogenated alkanes) is 2. The summed E-state index contributed by atoms with van der Waals surface area (Å²) in [4.78, 5) is 4.13. The first-order valence-corrected chi connectivity index (χ1v) is 7.28. The van der Waals surface area contributed by atoms with E-state index in [2.05, 4.69) is 27.7 Å². The number of nitrogens with zero attached hydrogens (tertiary/aromatic N) is 1. The van der Waals surface area contributed by atoms with Crippen molar-refractivity contribution in [3.05, 3.63) is 22.4 Å². The molecule has 1 N–H and O–H groups in total. The molecule has 0 unspecified atom stereocenters. The van der Waals surface area contributed by atoms with Gasteiger partial charge in [-0.2, -0.15) is 0 Å². The van der Waals surface area contributed by atoms with Crippen LogP contribution in [0.3, 0.4) is 0 Å². The highest BCUT2D eigenvalue weighted by Crippen LogP contribution is 2.12. The molecule has 2 heterocycles. The Morgan fingerprint density at radius 1 is 1.19 bits per heavy atom. The zero-order valence-corrected chi connectivity index (χ0v) is 10.8. The Morgan fingerprint density at radius 2 is 2.06 bits per heavy atom. The zero-order chi connectivity index (χ0) is 11.1. The molecule has 1 aliphatic rings. The molecule has 0 spiro atoms. The van der Waals surface area contributed by atoms with Gasteiger partial charge in [-0.3, -0.25) is 0 Å². The molecule has 0 saturated carbocycles. The van der Waals surface area contributed by atoms with Gasteiger partial charge in [-0.1, -0.05) is 12.5 Å². The Labute approximate surface area is 103 Å². The monoisotopic (exact) mass is 238 g/mol. The molecule has 0 aliphatic carbocycles. The summed E-state index contributed by atoms with van der Waals surface area (Å²) >= 11 is 1.89. The Bertz CT molecular complexity index is 265. The van der Waals surface area contributed by atoms with Gasteiger partial charge in [0.15, 0.2) is 0 Å². The molecule has 0 bridgehead atoms. The van der Waals surface area contributed by atoms with Crippen LogP contribution in [0, 0.1) is 0 Å². The highest BCUT2D eigenvalue weighted by molar-refractivity contribution is 7.09. The topological polar surface area (TPSA) is 15.3 Å². The van der Waals surface area contributed by atoms with Crippen LogP contribution in [0.25, 0.3) is 0 Å². The minimum atomic E-state index is 1.18. The predicted octanol–water partition coefficient (Wildman–Crippen LogP) is 2.37. The van der Waals surface area contributed by atoms with Gasteiger partial charge in [-0.05, 0) is 37.3 Å². The van der Waals surface area contributed by atoms with E-state index in [0.29, 0.717) is 0 Å². The van der Waals surface area contributed by atoms with E-state index in [0.717, 1.165) is 0 Å². The van der Waals surface area contributed by atoms with Crippen LogP contribution in [-0.2, 0) is 6.42 Å². The van der Waals surface area contributed by atoms with Crippen LogP contribution in [-0.4, -0.2) is 37.6 Å². The Hall–Kier alpha value is -0.380. The normalized spacial score (nSPS) is 17.8. The van der Waals surface area contributed by atoms with E-state index in [1.807, 2.05) is 11.3 Å². The van der Waals surface area contributed by atoms with Gasteiger partial charge in [0.25, 0.3) is 0 Å². The van der Waals surface area contributed by atoms with Gasteiger partial charge in [0, 0.05) is 31.1 Å². The smallest absolute Gasteiger partial charge is 0.0107 e. The summed E-state index contributed by atoms with van der Waals surface area (Å²) in [7, 11) is 0. The predicted molar refractivity (Wildman–Crippen MR) is 71.2 cm³/mol. The van der Waals surface area contributed by atoms with Crippen molar-refractivity contribution in [3.8, 4) is 0 Å². The second-order valence-corrected chi connectivity index (χ2v) is 5.51. The fraction of sp³-hybridized carbons (Fsp3) is 0.692. The molecule has 0 aromatic carbocycles. The number of hydrogen-bond acceptors (Lipinski definition) is 3. The lowest BCUT2D eigenvalue weighted by Crippen LogP contribution is -2.43. The van der Waals surface area contributed by atoms with Crippen molar-refractivity contribution < 1.29 is 0 Å². The van der Waals surface area contributed by atoms with Gasteiger partial charge in [0.2, 0.25) is 0 Å². The van der Waals surface area contributed by atoms with E-state index in [9.17, 15) is 0 Å². The van der Waals surface area contributed by atoms with E-state index < -0.39 is 0 Å². The first-order valence-electron chi connectivity index (χ1n) is 6.40. The maximum absolute atomic E-state index is 3.39. The minimum Gasteiger partial charge on any atom is -0.314 e. The summed E-state index contributed by atoms with van der Waals surface area (Å²) < 4.78 is 0. The second-order valence-electron chi connectivity index (χ2n) is 4.48. The fourth-order valence-corrected chi connectivity index (χ4v) is 2.95. The second kappa shape index (κ2) is 7.05. The molecule has 1 aromatic heterocycles. The van der Waals surface area contributed by atoms with Crippen molar-refractivity contribution in [3.63, 3.8) is 0 Å². The summed E-state index contributed by atoms with van der Waals surface area (Å²) in [5.74, 6) is 0. The van der Waals surface area contributed by atoms with Crippen LogP contribution in [0.1, 0.15) is 24.1 Å². The standard InChI is InChI=1S/C13H22N2S/c1(2-5-13-6-4-12-16-13)3-9-15-10-7-14-8-11-15/h4,6,12,14H,1-3,5,7-11H2. The molecule has 1 aliphatic heterocycles. The average molecular weight is 238 g/mol. The third kappa shape index (κ3) is 4.24. The van der Waals surface area contributed by atoms with E-state index in [4.69, 9.17) is 0 Å². The lowest BCUT2D eigenvalue weighted by molar-refractivity contribution is 0.236. The van der Waals surface area contributed by atoms with Gasteiger partial charge in [-0.25, -0.2) is 0 Å². The van der Waals surface area contributed by atoms with Crippen LogP contribution >= 0.6 is 11.3 Å². The van der Waals surface area contributed by atoms with Gasteiger partial charge in [0.1, 0.15) is 0 Å². The van der Waals surface area contributed by atoms with E-state index in [-0.39, 0.29) is 0 Å². The number of nitrogens with one attached hydrogen (secondary N) is 1. The zero-order valence-electron chi connectivity index (χ0n) is 9.95. The molecule has 90 valence electrons. The molecule has 0 radical (unpaired) electrons. The SMILES string of the molecule is c1csc(CCCCCN2CCNCC2)c1. The molecular formula is C13H22N2S. The first-order chi connectivity index (χ1) is 7.95. The molecule has 2 nitrogen and oxygen atoms in total. The van der Waals surface area contributed by atoms with Crippen molar-refractivity contribution in [2.75, 3.05) is 32.7 Å². The van der Waals surface area contributed by atoms with Crippen LogP contribution in [0.2, 0.25) is 0 Å². The van der Waals surface area contributed by atoms with Gasteiger partial charge < -0.3 is 10.2 Å². The van der Waals surface area contributed by atoms with Gasteiger partial charge in [0.05, 0.1) is 0 Å². The Morgan fingerprint density at radius 3 is 2.81 bits per heavy atom. The molecule has 3 heteroatoms. The third-order valence-corrected chi connectivity index (χ3v) is 4.12. The van der Waals surface area contributed by atoms with E-state index in [1.165, 1.54) is 58.4 Å². The summed E-state index contributed by atoms with van der Waals surface area (Å²) in [6.07, 6.45) is 5.37. The van der Waals surface area contributed by atoms with Gasteiger partial charge in [-0.15, -0.1) is 11.3 Å². The molecule has 1 fully saturated rings. The van der Waals surface area contributed by atoms with E-state index in [1.54, 1.807) is 4.88 Å². The molecule has 1 saturated heterocycles. The van der Waals surface area contributed by atoms with Gasteiger partial charge >= 0.3 is 0 Å². The molecule has 1 aromatic rings. The molecule has 2 rings (SSSR count).